The first-order chi connectivity index (χ1) is 17.0. The van der Waals surface area contributed by atoms with E-state index in [4.69, 9.17) is 15.2 Å². The van der Waals surface area contributed by atoms with Crippen LogP contribution in [0.4, 0.5) is 23.7 Å². The van der Waals surface area contributed by atoms with Gasteiger partial charge < -0.3 is 25.3 Å². The van der Waals surface area contributed by atoms with Gasteiger partial charge in [-0.2, -0.15) is 13.2 Å². The summed E-state index contributed by atoms with van der Waals surface area (Å²) in [5.41, 5.74) is 4.15. The Hall–Kier alpha value is -3.90. The Labute approximate surface area is 202 Å². The van der Waals surface area contributed by atoms with Crippen LogP contribution in [0.25, 0.3) is 22.0 Å². The van der Waals surface area contributed by atoms with Gasteiger partial charge in [-0.3, -0.25) is 14.5 Å². The number of amides is 1. The molecule has 1 aromatic heterocycles. The molecule has 0 bridgehead atoms. The Kier molecular flexibility index (Phi) is 6.74. The maximum absolute atomic E-state index is 13.4. The number of carbonyl (C=O) groups is 2. The Morgan fingerprint density at radius 2 is 1.97 bits per heavy atom. The van der Waals surface area contributed by atoms with E-state index < -0.39 is 47.6 Å². The lowest BCUT2D eigenvalue weighted by Gasteiger charge is -2.16. The highest BCUT2D eigenvalue weighted by molar-refractivity contribution is 5.95. The molecule has 12 heteroatoms. The number of esters is 1. The van der Waals surface area contributed by atoms with E-state index in [1.807, 2.05) is 0 Å². The summed E-state index contributed by atoms with van der Waals surface area (Å²) in [6.07, 6.45) is -7.26. The monoisotopic (exact) mass is 505 g/mol. The number of ether oxygens (including phenoxy) is 2. The molecule has 4 N–H and O–H groups in total. The Morgan fingerprint density at radius 3 is 2.67 bits per heavy atom. The van der Waals surface area contributed by atoms with Crippen molar-refractivity contribution in [1.82, 2.24) is 4.98 Å². The number of anilines is 1. The number of H-pyrrole nitrogens is 1. The van der Waals surface area contributed by atoms with Gasteiger partial charge in [0.25, 0.3) is 5.56 Å². The predicted octanol–water partition coefficient (Wildman–Crippen LogP) is 2.79. The molecule has 0 aliphatic carbocycles. The second-order valence-electron chi connectivity index (χ2n) is 8.34. The number of cyclic esters (lactones) is 1. The molecule has 1 amide bonds. The quantitative estimate of drug-likeness (QED) is 0.439. The zero-order chi connectivity index (χ0) is 26.2. The van der Waals surface area contributed by atoms with Crippen molar-refractivity contribution in [3.8, 4) is 11.3 Å². The number of carbonyl (C=O) groups excluding carboxylic acids is 2. The van der Waals surface area contributed by atoms with Crippen molar-refractivity contribution in [1.29, 1.82) is 0 Å². The smallest absolute Gasteiger partial charge is 0.417 e. The topological polar surface area (TPSA) is 135 Å². The van der Waals surface area contributed by atoms with E-state index >= 15 is 0 Å². The number of pyridine rings is 1. The van der Waals surface area contributed by atoms with Gasteiger partial charge in [0.2, 0.25) is 0 Å². The SMILES string of the molecule is C[C@@H](O)[C@H](N)C(=O)OC[C@H]1CN(c2ccc3cc(-c4ccccc4C(F)(F)F)[nH]c(=O)c3c2)C(=O)O1. The molecule has 4 rings (SSSR count). The van der Waals surface area contributed by atoms with Crippen LogP contribution in [0, 0.1) is 0 Å². The molecule has 1 saturated heterocycles. The fourth-order valence-electron chi connectivity index (χ4n) is 3.81. The molecule has 2 aromatic carbocycles. The minimum absolute atomic E-state index is 0.00560. The summed E-state index contributed by atoms with van der Waals surface area (Å²) < 4.78 is 50.5. The van der Waals surface area contributed by atoms with Crippen molar-refractivity contribution in [3.63, 3.8) is 0 Å². The number of halogens is 3. The van der Waals surface area contributed by atoms with E-state index in [0.29, 0.717) is 11.1 Å². The van der Waals surface area contributed by atoms with E-state index in [1.54, 1.807) is 0 Å². The van der Waals surface area contributed by atoms with Gasteiger partial charge in [-0.1, -0.05) is 24.3 Å². The van der Waals surface area contributed by atoms with Crippen LogP contribution in [-0.2, 0) is 20.4 Å². The molecule has 1 fully saturated rings. The van der Waals surface area contributed by atoms with Crippen LogP contribution in [-0.4, -0.2) is 53.6 Å². The van der Waals surface area contributed by atoms with E-state index in [1.165, 1.54) is 54.3 Å². The van der Waals surface area contributed by atoms with Crippen molar-refractivity contribution in [2.45, 2.75) is 31.3 Å². The highest BCUT2D eigenvalue weighted by atomic mass is 19.4. The van der Waals surface area contributed by atoms with Crippen LogP contribution in [0.3, 0.4) is 0 Å². The third-order valence-corrected chi connectivity index (χ3v) is 5.74. The van der Waals surface area contributed by atoms with E-state index in [0.717, 1.165) is 6.07 Å². The van der Waals surface area contributed by atoms with Crippen LogP contribution in [0.5, 0.6) is 0 Å². The van der Waals surface area contributed by atoms with Gasteiger partial charge in [0, 0.05) is 22.3 Å². The molecule has 3 aromatic rings. The van der Waals surface area contributed by atoms with Crippen molar-refractivity contribution in [2.24, 2.45) is 5.73 Å². The fraction of sp³-hybridized carbons (Fsp3) is 0.292. The number of hydrogen-bond donors (Lipinski definition) is 3. The minimum atomic E-state index is -4.60. The Balaban J connectivity index is 1.57. The number of aliphatic hydroxyl groups excluding tert-OH is 1. The summed E-state index contributed by atoms with van der Waals surface area (Å²) in [6.45, 7) is 1.07. The molecule has 36 heavy (non-hydrogen) atoms. The van der Waals surface area contributed by atoms with Crippen molar-refractivity contribution >= 4 is 28.5 Å². The Bertz CT molecular complexity index is 1370. The zero-order valence-corrected chi connectivity index (χ0v) is 18.9. The van der Waals surface area contributed by atoms with Crippen LogP contribution < -0.4 is 16.2 Å². The first-order valence-electron chi connectivity index (χ1n) is 10.9. The molecule has 9 nitrogen and oxygen atoms in total. The lowest BCUT2D eigenvalue weighted by molar-refractivity contribution is -0.150. The molecule has 190 valence electrons. The molecule has 1 aliphatic rings. The number of aromatic amines is 1. The number of benzene rings is 2. The molecular formula is C24H22F3N3O6. The van der Waals surface area contributed by atoms with Gasteiger partial charge in [-0.15, -0.1) is 0 Å². The van der Waals surface area contributed by atoms with E-state index in [2.05, 4.69) is 4.98 Å². The normalized spacial score (nSPS) is 17.7. The average Bonchev–Trinajstić information content (AvgIpc) is 3.21. The highest BCUT2D eigenvalue weighted by Crippen LogP contribution is 2.36. The lowest BCUT2D eigenvalue weighted by Crippen LogP contribution is -2.42. The summed E-state index contributed by atoms with van der Waals surface area (Å²) in [5, 5.41) is 9.89. The summed E-state index contributed by atoms with van der Waals surface area (Å²) >= 11 is 0. The standard InChI is InChI=1S/C24H22F3N3O6/c1-12(31)20(28)22(33)35-11-15-10-30(23(34)36-15)14-7-6-13-8-19(29-21(32)17(13)9-14)16-4-2-3-5-18(16)24(25,26)27/h2-9,12,15,20,31H,10-11,28H2,1H3,(H,29,32)/t12-,15-,20+/m1/s1. The van der Waals surface area contributed by atoms with Crippen molar-refractivity contribution in [2.75, 3.05) is 18.1 Å². The van der Waals surface area contributed by atoms with E-state index in [9.17, 15) is 32.7 Å². The largest absolute Gasteiger partial charge is 0.460 e. The molecule has 0 spiro atoms. The van der Waals surface area contributed by atoms with Crippen LogP contribution in [0.1, 0.15) is 12.5 Å². The molecule has 0 saturated carbocycles. The first-order valence-corrected chi connectivity index (χ1v) is 10.9. The van der Waals surface area contributed by atoms with Gasteiger partial charge in [-0.25, -0.2) is 4.79 Å². The molecule has 2 heterocycles. The number of aromatic nitrogens is 1. The van der Waals surface area contributed by atoms with E-state index in [-0.39, 0.29) is 29.8 Å². The number of nitrogens with one attached hydrogen (secondary N) is 1. The summed E-state index contributed by atoms with van der Waals surface area (Å²) in [5.74, 6) is -0.848. The first kappa shape index (κ1) is 25.2. The predicted molar refractivity (Wildman–Crippen MR) is 123 cm³/mol. The lowest BCUT2D eigenvalue weighted by atomic mass is 10.0. The summed E-state index contributed by atoms with van der Waals surface area (Å²) in [4.78, 5) is 40.7. The van der Waals surface area contributed by atoms with Crippen LogP contribution in [0.2, 0.25) is 0 Å². The number of aliphatic hydroxyl groups is 1. The number of alkyl halides is 3. The molecule has 0 unspecified atom stereocenters. The molecular weight excluding hydrogens is 483 g/mol. The van der Waals surface area contributed by atoms with Gasteiger partial charge >= 0.3 is 18.2 Å². The molecule has 3 atom stereocenters. The van der Waals surface area contributed by atoms with Gasteiger partial charge in [0.15, 0.2) is 6.10 Å². The Morgan fingerprint density at radius 1 is 1.25 bits per heavy atom. The summed E-state index contributed by atoms with van der Waals surface area (Å²) in [6, 6.07) is 9.58. The summed E-state index contributed by atoms with van der Waals surface area (Å²) in [7, 11) is 0. The van der Waals surface area contributed by atoms with Crippen molar-refractivity contribution in [3.05, 3.63) is 64.4 Å². The zero-order valence-electron chi connectivity index (χ0n) is 18.9. The van der Waals surface area contributed by atoms with Gasteiger partial charge in [0.05, 0.1) is 18.2 Å². The minimum Gasteiger partial charge on any atom is -0.460 e. The number of hydrogen-bond acceptors (Lipinski definition) is 7. The number of fused-ring (bicyclic) bond motifs is 1. The fourth-order valence-corrected chi connectivity index (χ4v) is 3.81. The van der Waals surface area contributed by atoms with Gasteiger partial charge in [0.1, 0.15) is 12.6 Å². The second kappa shape index (κ2) is 9.63. The molecule has 1 aliphatic heterocycles. The van der Waals surface area contributed by atoms with Crippen molar-refractivity contribution < 1.29 is 37.3 Å². The maximum Gasteiger partial charge on any atom is 0.417 e. The molecule has 0 radical (unpaired) electrons. The number of nitrogens with two attached hydrogens (primary N) is 1. The third kappa shape index (κ3) is 5.04. The van der Waals surface area contributed by atoms with Crippen LogP contribution in [0.15, 0.2) is 53.3 Å². The van der Waals surface area contributed by atoms with Gasteiger partial charge in [-0.05, 0) is 36.6 Å². The third-order valence-electron chi connectivity index (χ3n) is 5.74. The number of rotatable bonds is 6. The maximum atomic E-state index is 13.4. The van der Waals surface area contributed by atoms with Crippen LogP contribution >= 0.6 is 0 Å². The highest BCUT2D eigenvalue weighted by Gasteiger charge is 2.35. The second-order valence-corrected chi connectivity index (χ2v) is 8.34. The number of nitrogens with zero attached hydrogens (tertiary/aromatic N) is 1. The average molecular weight is 505 g/mol.